The van der Waals surface area contributed by atoms with Crippen molar-refractivity contribution in [2.45, 2.75) is 13.8 Å². The minimum atomic E-state index is 0.462. The van der Waals surface area contributed by atoms with Gasteiger partial charge in [-0.1, -0.05) is 0 Å². The molecule has 0 unspecified atom stereocenters. The van der Waals surface area contributed by atoms with Gasteiger partial charge in [-0.15, -0.1) is 0 Å². The molecule has 1 N–H and O–H groups in total. The maximum atomic E-state index is 9.00. The molecule has 0 saturated heterocycles. The van der Waals surface area contributed by atoms with Crippen molar-refractivity contribution < 1.29 is 0 Å². The first-order valence-electron chi connectivity index (χ1n) is 9.24. The number of hydrogen-bond donors (Lipinski definition) is 1. The zero-order valence-electron chi connectivity index (χ0n) is 16.5. The number of nitrogens with one attached hydrogen (secondary N) is 1. The molecular formula is C23H17N7. The molecule has 7 heteroatoms. The van der Waals surface area contributed by atoms with Gasteiger partial charge in [-0.3, -0.25) is 4.57 Å². The first-order valence-corrected chi connectivity index (χ1v) is 9.24. The maximum absolute atomic E-state index is 9.00. The van der Waals surface area contributed by atoms with Gasteiger partial charge < -0.3 is 5.32 Å². The fourth-order valence-corrected chi connectivity index (χ4v) is 3.29. The number of nitrogens with zero attached hydrogens (tertiary/aromatic N) is 6. The lowest BCUT2D eigenvalue weighted by Gasteiger charge is -2.13. The summed E-state index contributed by atoms with van der Waals surface area (Å²) >= 11 is 0. The van der Waals surface area contributed by atoms with E-state index in [0.29, 0.717) is 22.7 Å². The maximum Gasteiger partial charge on any atom is 0.229 e. The predicted octanol–water partition coefficient (Wildman–Crippen LogP) is 4.58. The molecule has 0 amide bonds. The fourth-order valence-electron chi connectivity index (χ4n) is 3.29. The second-order valence-electron chi connectivity index (χ2n) is 6.79. The van der Waals surface area contributed by atoms with Crippen LogP contribution in [0.5, 0.6) is 0 Å². The molecule has 0 fully saturated rings. The van der Waals surface area contributed by atoms with Crippen molar-refractivity contribution in [3.05, 3.63) is 77.3 Å². The van der Waals surface area contributed by atoms with Crippen LogP contribution in [0.25, 0.3) is 22.9 Å². The standard InChI is InChI=1S/C23H17N7/c1-15-10-18(4-3-9-24)11-16(2)21(15)28-23-26-13-20-22(29-23)30(14-27-20)19-7-5-17(12-25)6-8-19/h3-8,10-11,13-14H,1-2H3,(H,26,28,29)/b4-3+. The molecule has 0 atom stereocenters. The van der Waals surface area contributed by atoms with Crippen LogP contribution < -0.4 is 5.32 Å². The lowest BCUT2D eigenvalue weighted by atomic mass is 10.0. The summed E-state index contributed by atoms with van der Waals surface area (Å²) in [6.07, 6.45) is 6.61. The predicted molar refractivity (Wildman–Crippen MR) is 115 cm³/mol. The Kier molecular flexibility index (Phi) is 4.94. The Morgan fingerprint density at radius 1 is 1.03 bits per heavy atom. The van der Waals surface area contributed by atoms with Crippen molar-refractivity contribution in [1.29, 1.82) is 10.5 Å². The van der Waals surface area contributed by atoms with E-state index in [1.165, 1.54) is 6.08 Å². The number of hydrogen-bond acceptors (Lipinski definition) is 6. The molecule has 0 aliphatic heterocycles. The van der Waals surface area contributed by atoms with Crippen LogP contribution in [0.3, 0.4) is 0 Å². The van der Waals surface area contributed by atoms with Crippen molar-refractivity contribution >= 4 is 28.9 Å². The lowest BCUT2D eigenvalue weighted by molar-refractivity contribution is 1.06. The molecule has 0 spiro atoms. The molecule has 0 bridgehead atoms. The van der Waals surface area contributed by atoms with Gasteiger partial charge in [-0.05, 0) is 73.0 Å². The van der Waals surface area contributed by atoms with Crippen molar-refractivity contribution in [1.82, 2.24) is 19.5 Å². The molecule has 2 aromatic heterocycles. The summed E-state index contributed by atoms with van der Waals surface area (Å²) in [6.45, 7) is 4.00. The quantitative estimate of drug-likeness (QED) is 0.511. The molecule has 0 radical (unpaired) electrons. The minimum Gasteiger partial charge on any atom is -0.324 e. The third-order valence-electron chi connectivity index (χ3n) is 4.71. The number of benzene rings is 2. The normalized spacial score (nSPS) is 10.8. The van der Waals surface area contributed by atoms with Gasteiger partial charge in [0, 0.05) is 17.5 Å². The molecular weight excluding hydrogens is 374 g/mol. The van der Waals surface area contributed by atoms with E-state index in [1.54, 1.807) is 30.7 Å². The Morgan fingerprint density at radius 3 is 2.43 bits per heavy atom. The van der Waals surface area contributed by atoms with Crippen LogP contribution in [0, 0.1) is 36.5 Å². The summed E-state index contributed by atoms with van der Waals surface area (Å²) in [5, 5.41) is 21.0. The molecule has 144 valence electrons. The number of nitriles is 2. The van der Waals surface area contributed by atoms with E-state index in [4.69, 9.17) is 10.5 Å². The van der Waals surface area contributed by atoms with E-state index >= 15 is 0 Å². The SMILES string of the molecule is Cc1cc(/C=C/C#N)cc(C)c1Nc1ncc2ncn(-c3ccc(C#N)cc3)c2n1. The average Bonchev–Trinajstić information content (AvgIpc) is 3.18. The largest absolute Gasteiger partial charge is 0.324 e. The molecule has 0 aliphatic carbocycles. The van der Waals surface area contributed by atoms with Crippen LogP contribution in [0.4, 0.5) is 11.6 Å². The van der Waals surface area contributed by atoms with Gasteiger partial charge in [0.1, 0.15) is 11.8 Å². The van der Waals surface area contributed by atoms with Gasteiger partial charge in [0.2, 0.25) is 5.95 Å². The van der Waals surface area contributed by atoms with Gasteiger partial charge in [0.15, 0.2) is 5.65 Å². The van der Waals surface area contributed by atoms with Gasteiger partial charge in [-0.25, -0.2) is 9.97 Å². The van der Waals surface area contributed by atoms with Crippen molar-refractivity contribution in [2.75, 3.05) is 5.32 Å². The molecule has 4 rings (SSSR count). The van der Waals surface area contributed by atoms with E-state index in [-0.39, 0.29) is 0 Å². The Bertz CT molecular complexity index is 1330. The second-order valence-corrected chi connectivity index (χ2v) is 6.79. The van der Waals surface area contributed by atoms with Gasteiger partial charge in [0.05, 0.1) is 23.9 Å². The van der Waals surface area contributed by atoms with E-state index in [9.17, 15) is 0 Å². The topological polar surface area (TPSA) is 103 Å². The van der Waals surface area contributed by atoms with Crippen molar-refractivity contribution in [2.24, 2.45) is 0 Å². The second kappa shape index (κ2) is 7.86. The molecule has 30 heavy (non-hydrogen) atoms. The lowest BCUT2D eigenvalue weighted by Crippen LogP contribution is -2.02. The minimum absolute atomic E-state index is 0.462. The summed E-state index contributed by atoms with van der Waals surface area (Å²) in [5.74, 6) is 0.462. The highest BCUT2D eigenvalue weighted by Gasteiger charge is 2.11. The molecule has 2 aromatic carbocycles. The number of anilines is 2. The van der Waals surface area contributed by atoms with Crippen molar-refractivity contribution in [3.63, 3.8) is 0 Å². The van der Waals surface area contributed by atoms with Crippen LogP contribution in [-0.2, 0) is 0 Å². The highest BCUT2D eigenvalue weighted by Crippen LogP contribution is 2.26. The van der Waals surface area contributed by atoms with E-state index < -0.39 is 0 Å². The molecule has 0 saturated carbocycles. The first kappa shape index (κ1) is 18.9. The smallest absolute Gasteiger partial charge is 0.229 e. The Balaban J connectivity index is 1.70. The zero-order valence-corrected chi connectivity index (χ0v) is 16.5. The Morgan fingerprint density at radius 2 is 1.77 bits per heavy atom. The van der Waals surface area contributed by atoms with Gasteiger partial charge >= 0.3 is 0 Å². The van der Waals surface area contributed by atoms with Gasteiger partial charge in [-0.2, -0.15) is 15.5 Å². The summed E-state index contributed by atoms with van der Waals surface area (Å²) < 4.78 is 1.86. The number of allylic oxidation sites excluding steroid dienone is 1. The summed E-state index contributed by atoms with van der Waals surface area (Å²) in [4.78, 5) is 13.4. The van der Waals surface area contributed by atoms with Crippen LogP contribution in [0.1, 0.15) is 22.3 Å². The third kappa shape index (κ3) is 3.60. The van der Waals surface area contributed by atoms with Crippen molar-refractivity contribution in [3.8, 4) is 17.8 Å². The fraction of sp³-hybridized carbons (Fsp3) is 0.0870. The van der Waals surface area contributed by atoms with Gasteiger partial charge in [0.25, 0.3) is 0 Å². The number of fused-ring (bicyclic) bond motifs is 1. The summed E-state index contributed by atoms with van der Waals surface area (Å²) in [6, 6.07) is 15.4. The number of aromatic nitrogens is 4. The third-order valence-corrected chi connectivity index (χ3v) is 4.71. The molecule has 4 aromatic rings. The highest BCUT2D eigenvalue weighted by molar-refractivity contribution is 5.75. The summed E-state index contributed by atoms with van der Waals surface area (Å²) in [7, 11) is 0. The first-order chi connectivity index (χ1) is 14.6. The van der Waals surface area contributed by atoms with Crippen LogP contribution in [0.15, 0.2) is 55.0 Å². The number of rotatable bonds is 4. The van der Waals surface area contributed by atoms with Crippen LogP contribution in [0.2, 0.25) is 0 Å². The van der Waals surface area contributed by atoms with E-state index in [2.05, 4.69) is 26.3 Å². The van der Waals surface area contributed by atoms with Crippen LogP contribution in [-0.4, -0.2) is 19.5 Å². The average molecular weight is 391 g/mol. The van der Waals surface area contributed by atoms with Crippen LogP contribution >= 0.6 is 0 Å². The van der Waals surface area contributed by atoms with E-state index in [0.717, 1.165) is 28.1 Å². The Hall–Kier alpha value is -4.49. The monoisotopic (exact) mass is 391 g/mol. The highest BCUT2D eigenvalue weighted by atomic mass is 15.2. The molecule has 0 aliphatic rings. The zero-order chi connectivity index (χ0) is 21.1. The molecule has 7 nitrogen and oxygen atoms in total. The van der Waals surface area contributed by atoms with E-state index in [1.807, 2.05) is 48.7 Å². The number of aryl methyl sites for hydroxylation is 2. The Labute approximate surface area is 173 Å². The summed E-state index contributed by atoms with van der Waals surface area (Å²) in [5.41, 5.74) is 6.74. The molecule has 2 heterocycles. The number of imidazole rings is 1.